The minimum Gasteiger partial charge on any atom is -0.315 e. The smallest absolute Gasteiger partial charge is 0.0223 e. The SMILES string of the molecule is CCCNCC(CC)N1CCN2CCCCC2C1. The molecule has 2 aliphatic heterocycles. The lowest BCUT2D eigenvalue weighted by atomic mass is 9.98. The number of nitrogens with zero attached hydrogens (tertiary/aromatic N) is 2. The van der Waals surface area contributed by atoms with Crippen LogP contribution in [0.3, 0.4) is 0 Å². The van der Waals surface area contributed by atoms with E-state index < -0.39 is 0 Å². The number of piperazine rings is 1. The van der Waals surface area contributed by atoms with Gasteiger partial charge in [-0.3, -0.25) is 9.80 Å². The van der Waals surface area contributed by atoms with Crippen molar-refractivity contribution in [2.24, 2.45) is 0 Å². The molecule has 0 aliphatic carbocycles. The molecule has 1 N–H and O–H groups in total. The quantitative estimate of drug-likeness (QED) is 0.730. The van der Waals surface area contributed by atoms with E-state index in [1.807, 2.05) is 0 Å². The Hall–Kier alpha value is -0.120. The molecule has 2 saturated heterocycles. The molecule has 0 spiro atoms. The third-order valence-electron chi connectivity index (χ3n) is 4.66. The van der Waals surface area contributed by atoms with Crippen molar-refractivity contribution in [3.63, 3.8) is 0 Å². The highest BCUT2D eigenvalue weighted by Gasteiger charge is 2.31. The zero-order valence-electron chi connectivity index (χ0n) is 12.3. The van der Waals surface area contributed by atoms with Crippen LogP contribution in [0.15, 0.2) is 0 Å². The monoisotopic (exact) mass is 253 g/mol. The summed E-state index contributed by atoms with van der Waals surface area (Å²) in [6.07, 6.45) is 6.82. The molecular formula is C15H31N3. The maximum Gasteiger partial charge on any atom is 0.0223 e. The summed E-state index contributed by atoms with van der Waals surface area (Å²) in [4.78, 5) is 5.47. The zero-order chi connectivity index (χ0) is 12.8. The molecule has 0 aromatic heterocycles. The lowest BCUT2D eigenvalue weighted by molar-refractivity contribution is 0.0264. The fourth-order valence-corrected chi connectivity index (χ4v) is 3.49. The molecule has 2 rings (SSSR count). The van der Waals surface area contributed by atoms with E-state index in [2.05, 4.69) is 29.0 Å². The Balaban J connectivity index is 1.80. The summed E-state index contributed by atoms with van der Waals surface area (Å²) in [5.74, 6) is 0. The van der Waals surface area contributed by atoms with E-state index in [9.17, 15) is 0 Å². The highest BCUT2D eigenvalue weighted by molar-refractivity contribution is 4.88. The Labute approximate surface area is 113 Å². The van der Waals surface area contributed by atoms with E-state index >= 15 is 0 Å². The molecule has 2 heterocycles. The fourth-order valence-electron chi connectivity index (χ4n) is 3.49. The number of hydrogen-bond donors (Lipinski definition) is 1. The van der Waals surface area contributed by atoms with E-state index in [1.54, 1.807) is 0 Å². The van der Waals surface area contributed by atoms with Gasteiger partial charge < -0.3 is 5.32 Å². The molecule has 2 atom stereocenters. The van der Waals surface area contributed by atoms with Gasteiger partial charge in [0.1, 0.15) is 0 Å². The first-order valence-corrected chi connectivity index (χ1v) is 8.04. The highest BCUT2D eigenvalue weighted by Crippen LogP contribution is 2.22. The molecular weight excluding hydrogens is 222 g/mol. The predicted molar refractivity (Wildman–Crippen MR) is 78.0 cm³/mol. The average Bonchev–Trinajstić information content (AvgIpc) is 2.43. The van der Waals surface area contributed by atoms with Crippen molar-refractivity contribution in [1.82, 2.24) is 15.1 Å². The summed E-state index contributed by atoms with van der Waals surface area (Å²) in [5, 5.41) is 3.60. The van der Waals surface area contributed by atoms with Crippen LogP contribution in [0.1, 0.15) is 46.0 Å². The summed E-state index contributed by atoms with van der Waals surface area (Å²) in [6.45, 7) is 12.2. The summed E-state index contributed by atoms with van der Waals surface area (Å²) in [5.41, 5.74) is 0. The number of rotatable bonds is 6. The predicted octanol–water partition coefficient (Wildman–Crippen LogP) is 1.93. The molecule has 0 amide bonds. The van der Waals surface area contributed by atoms with E-state index in [0.717, 1.165) is 12.1 Å². The van der Waals surface area contributed by atoms with Crippen LogP contribution < -0.4 is 5.32 Å². The van der Waals surface area contributed by atoms with Crippen LogP contribution in [-0.2, 0) is 0 Å². The fraction of sp³-hybridized carbons (Fsp3) is 1.00. The van der Waals surface area contributed by atoms with E-state index in [-0.39, 0.29) is 0 Å². The minimum atomic E-state index is 0.751. The van der Waals surface area contributed by atoms with Crippen molar-refractivity contribution in [2.45, 2.75) is 58.0 Å². The van der Waals surface area contributed by atoms with Gasteiger partial charge in [0.15, 0.2) is 0 Å². The zero-order valence-corrected chi connectivity index (χ0v) is 12.3. The van der Waals surface area contributed by atoms with Gasteiger partial charge in [-0.25, -0.2) is 0 Å². The standard InChI is InChI=1S/C15H31N3/c1-3-8-16-12-14(4-2)18-11-10-17-9-6-5-7-15(17)13-18/h14-16H,3-13H2,1-2H3. The van der Waals surface area contributed by atoms with Gasteiger partial charge >= 0.3 is 0 Å². The number of piperidine rings is 1. The number of nitrogens with one attached hydrogen (secondary N) is 1. The second-order valence-electron chi connectivity index (χ2n) is 5.95. The van der Waals surface area contributed by atoms with Gasteiger partial charge in [-0.1, -0.05) is 20.3 Å². The molecule has 0 bridgehead atoms. The first-order chi connectivity index (χ1) is 8.85. The summed E-state index contributed by atoms with van der Waals surface area (Å²) < 4.78 is 0. The summed E-state index contributed by atoms with van der Waals surface area (Å²) in [6, 6.07) is 1.60. The third kappa shape index (κ3) is 3.69. The van der Waals surface area contributed by atoms with Crippen LogP contribution in [0, 0.1) is 0 Å². The molecule has 0 saturated carbocycles. The van der Waals surface area contributed by atoms with E-state index in [1.165, 1.54) is 71.4 Å². The van der Waals surface area contributed by atoms with Gasteiger partial charge in [0, 0.05) is 38.3 Å². The molecule has 2 unspecified atom stereocenters. The van der Waals surface area contributed by atoms with Gasteiger partial charge in [-0.2, -0.15) is 0 Å². The van der Waals surface area contributed by atoms with Gasteiger partial charge in [0.05, 0.1) is 0 Å². The molecule has 18 heavy (non-hydrogen) atoms. The minimum absolute atomic E-state index is 0.751. The van der Waals surface area contributed by atoms with Gasteiger partial charge in [0.25, 0.3) is 0 Å². The van der Waals surface area contributed by atoms with Gasteiger partial charge in [-0.15, -0.1) is 0 Å². The number of fused-ring (bicyclic) bond motifs is 1. The molecule has 2 fully saturated rings. The van der Waals surface area contributed by atoms with Crippen LogP contribution in [0.5, 0.6) is 0 Å². The lowest BCUT2D eigenvalue weighted by Gasteiger charge is -2.46. The molecule has 3 nitrogen and oxygen atoms in total. The Morgan fingerprint density at radius 3 is 2.83 bits per heavy atom. The van der Waals surface area contributed by atoms with Crippen LogP contribution in [0.4, 0.5) is 0 Å². The van der Waals surface area contributed by atoms with Crippen molar-refractivity contribution in [3.05, 3.63) is 0 Å². The average molecular weight is 253 g/mol. The van der Waals surface area contributed by atoms with Gasteiger partial charge in [0.2, 0.25) is 0 Å². The van der Waals surface area contributed by atoms with Gasteiger partial charge in [-0.05, 0) is 38.8 Å². The maximum atomic E-state index is 3.60. The Kier molecular flexibility index (Phi) is 5.93. The second-order valence-corrected chi connectivity index (χ2v) is 5.95. The number of hydrogen-bond acceptors (Lipinski definition) is 3. The van der Waals surface area contributed by atoms with Crippen molar-refractivity contribution in [1.29, 1.82) is 0 Å². The molecule has 0 aromatic carbocycles. The molecule has 0 aromatic rings. The Morgan fingerprint density at radius 2 is 2.06 bits per heavy atom. The van der Waals surface area contributed by atoms with Crippen LogP contribution >= 0.6 is 0 Å². The third-order valence-corrected chi connectivity index (χ3v) is 4.66. The molecule has 0 radical (unpaired) electrons. The van der Waals surface area contributed by atoms with Crippen molar-refractivity contribution in [3.8, 4) is 0 Å². The molecule has 3 heteroatoms. The van der Waals surface area contributed by atoms with E-state index in [4.69, 9.17) is 0 Å². The normalized spacial score (nSPS) is 28.0. The topological polar surface area (TPSA) is 18.5 Å². The van der Waals surface area contributed by atoms with E-state index in [0.29, 0.717) is 0 Å². The Bertz CT molecular complexity index is 232. The maximum absolute atomic E-state index is 3.60. The van der Waals surface area contributed by atoms with Crippen LogP contribution in [0.25, 0.3) is 0 Å². The van der Waals surface area contributed by atoms with Crippen molar-refractivity contribution in [2.75, 3.05) is 39.3 Å². The lowest BCUT2D eigenvalue weighted by Crippen LogP contribution is -2.58. The first-order valence-electron chi connectivity index (χ1n) is 8.04. The van der Waals surface area contributed by atoms with Crippen molar-refractivity contribution >= 4 is 0 Å². The van der Waals surface area contributed by atoms with Crippen molar-refractivity contribution < 1.29 is 0 Å². The first kappa shape index (κ1) is 14.3. The second kappa shape index (κ2) is 7.46. The molecule has 106 valence electrons. The van der Waals surface area contributed by atoms with Crippen LogP contribution in [-0.4, -0.2) is 61.2 Å². The summed E-state index contributed by atoms with van der Waals surface area (Å²) >= 11 is 0. The highest BCUT2D eigenvalue weighted by atomic mass is 15.3. The Morgan fingerprint density at radius 1 is 1.17 bits per heavy atom. The molecule has 2 aliphatic rings. The largest absolute Gasteiger partial charge is 0.315 e. The summed E-state index contributed by atoms with van der Waals surface area (Å²) in [7, 11) is 0. The van der Waals surface area contributed by atoms with Crippen LogP contribution in [0.2, 0.25) is 0 Å².